The third kappa shape index (κ3) is 4.02. The fraction of sp³-hybridized carbons (Fsp3) is 0.304. The topological polar surface area (TPSA) is 71.6 Å². The van der Waals surface area contributed by atoms with Gasteiger partial charge in [0, 0.05) is 23.7 Å². The summed E-state index contributed by atoms with van der Waals surface area (Å²) in [5.41, 5.74) is 0.684. The Kier molecular flexibility index (Phi) is 5.24. The van der Waals surface area contributed by atoms with Gasteiger partial charge in [-0.15, -0.1) is 0 Å². The number of anilines is 1. The Morgan fingerprint density at radius 3 is 2.66 bits per heavy atom. The zero-order valence-electron chi connectivity index (χ0n) is 17.0. The lowest BCUT2D eigenvalue weighted by Gasteiger charge is -2.30. The predicted molar refractivity (Wildman–Crippen MR) is 113 cm³/mol. The number of imidazole rings is 1. The van der Waals surface area contributed by atoms with Crippen LogP contribution in [0.5, 0.6) is 0 Å². The molecule has 4 aromatic rings. The zero-order chi connectivity index (χ0) is 22.2. The van der Waals surface area contributed by atoms with Crippen molar-refractivity contribution in [2.75, 3.05) is 5.32 Å². The Balaban J connectivity index is 1.20. The molecule has 0 saturated heterocycles. The van der Waals surface area contributed by atoms with Gasteiger partial charge in [-0.3, -0.25) is 9.20 Å². The average Bonchev–Trinajstić information content (AvgIpc) is 3.40. The summed E-state index contributed by atoms with van der Waals surface area (Å²) < 4.78 is 46.5. The standard InChI is InChI=1S/C23H21F3N4O2/c24-14-4-9-18-13(10-14)11-19(32-18)23(31)28-16-7-5-15(6-8-16)27-20-2-1-3-21-29-17(22(25)26)12-30(20)21/h1-4,9-12,15-16,22,27H,5-8H2,(H,28,31). The highest BCUT2D eigenvalue weighted by atomic mass is 19.3. The van der Waals surface area contributed by atoms with E-state index in [0.29, 0.717) is 22.4 Å². The van der Waals surface area contributed by atoms with Crippen LogP contribution in [0.2, 0.25) is 0 Å². The molecule has 3 aromatic heterocycles. The molecule has 0 unspecified atom stereocenters. The lowest BCUT2D eigenvalue weighted by molar-refractivity contribution is 0.0900. The molecule has 0 bridgehead atoms. The Bertz CT molecular complexity index is 1270. The van der Waals surface area contributed by atoms with Crippen molar-refractivity contribution in [3.05, 3.63) is 65.9 Å². The minimum atomic E-state index is -2.62. The first-order valence-corrected chi connectivity index (χ1v) is 10.5. The van der Waals surface area contributed by atoms with Gasteiger partial charge in [0.15, 0.2) is 5.76 Å². The number of nitrogens with one attached hydrogen (secondary N) is 2. The first kappa shape index (κ1) is 20.4. The molecule has 0 spiro atoms. The molecule has 1 fully saturated rings. The van der Waals surface area contributed by atoms with E-state index in [1.807, 2.05) is 6.07 Å². The second-order valence-corrected chi connectivity index (χ2v) is 8.06. The highest BCUT2D eigenvalue weighted by molar-refractivity contribution is 5.96. The minimum Gasteiger partial charge on any atom is -0.451 e. The van der Waals surface area contributed by atoms with Gasteiger partial charge < -0.3 is 15.1 Å². The van der Waals surface area contributed by atoms with Crippen LogP contribution in [0.15, 0.2) is 53.1 Å². The molecule has 32 heavy (non-hydrogen) atoms. The van der Waals surface area contributed by atoms with E-state index in [4.69, 9.17) is 4.42 Å². The van der Waals surface area contributed by atoms with Crippen LogP contribution < -0.4 is 10.6 Å². The number of benzene rings is 1. The molecule has 0 aliphatic heterocycles. The van der Waals surface area contributed by atoms with E-state index in [1.54, 1.807) is 22.6 Å². The maximum atomic E-state index is 13.3. The molecule has 1 saturated carbocycles. The van der Waals surface area contributed by atoms with E-state index < -0.39 is 6.43 Å². The van der Waals surface area contributed by atoms with Crippen LogP contribution in [0, 0.1) is 5.82 Å². The number of aromatic nitrogens is 2. The van der Waals surface area contributed by atoms with Gasteiger partial charge in [0.2, 0.25) is 0 Å². The van der Waals surface area contributed by atoms with Crippen molar-refractivity contribution < 1.29 is 22.4 Å². The van der Waals surface area contributed by atoms with Gasteiger partial charge in [0.1, 0.15) is 28.6 Å². The molecular formula is C23H21F3N4O2. The third-order valence-corrected chi connectivity index (χ3v) is 5.85. The van der Waals surface area contributed by atoms with Crippen molar-refractivity contribution in [1.29, 1.82) is 0 Å². The fourth-order valence-corrected chi connectivity index (χ4v) is 4.23. The van der Waals surface area contributed by atoms with Gasteiger partial charge in [-0.25, -0.2) is 18.2 Å². The van der Waals surface area contributed by atoms with Gasteiger partial charge in [0.05, 0.1) is 0 Å². The molecule has 6 nitrogen and oxygen atoms in total. The molecule has 1 amide bonds. The number of furan rings is 1. The van der Waals surface area contributed by atoms with Crippen molar-refractivity contribution in [3.8, 4) is 0 Å². The number of halogens is 3. The number of fused-ring (bicyclic) bond motifs is 2. The van der Waals surface area contributed by atoms with Crippen LogP contribution in [0.1, 0.15) is 48.4 Å². The number of pyridine rings is 1. The second-order valence-electron chi connectivity index (χ2n) is 8.06. The van der Waals surface area contributed by atoms with Crippen molar-refractivity contribution in [1.82, 2.24) is 14.7 Å². The molecule has 1 aromatic carbocycles. The van der Waals surface area contributed by atoms with Gasteiger partial charge >= 0.3 is 0 Å². The van der Waals surface area contributed by atoms with E-state index in [2.05, 4.69) is 15.6 Å². The third-order valence-electron chi connectivity index (χ3n) is 5.85. The lowest BCUT2D eigenvalue weighted by atomic mass is 9.91. The van der Waals surface area contributed by atoms with E-state index >= 15 is 0 Å². The maximum absolute atomic E-state index is 13.3. The molecule has 2 N–H and O–H groups in total. The molecule has 3 heterocycles. The second kappa shape index (κ2) is 8.22. The summed E-state index contributed by atoms with van der Waals surface area (Å²) in [5.74, 6) is 0.171. The first-order chi connectivity index (χ1) is 15.5. The quantitative estimate of drug-likeness (QED) is 0.439. The monoisotopic (exact) mass is 442 g/mol. The predicted octanol–water partition coefficient (Wildman–Crippen LogP) is 5.31. The van der Waals surface area contributed by atoms with Crippen LogP contribution in [0.25, 0.3) is 16.6 Å². The fourth-order valence-electron chi connectivity index (χ4n) is 4.23. The van der Waals surface area contributed by atoms with Crippen molar-refractivity contribution in [3.63, 3.8) is 0 Å². The van der Waals surface area contributed by atoms with Crippen LogP contribution in [0.3, 0.4) is 0 Å². The number of amides is 1. The Labute approximate surface area is 181 Å². The highest BCUT2D eigenvalue weighted by Crippen LogP contribution is 2.26. The zero-order valence-corrected chi connectivity index (χ0v) is 17.0. The summed E-state index contributed by atoms with van der Waals surface area (Å²) in [7, 11) is 0. The molecule has 1 aliphatic rings. The number of rotatable bonds is 5. The smallest absolute Gasteiger partial charge is 0.287 e. The molecule has 1 aliphatic carbocycles. The van der Waals surface area contributed by atoms with Crippen LogP contribution in [0.4, 0.5) is 19.0 Å². The van der Waals surface area contributed by atoms with Gasteiger partial charge in [0.25, 0.3) is 12.3 Å². The lowest BCUT2D eigenvalue weighted by Crippen LogP contribution is -2.40. The maximum Gasteiger partial charge on any atom is 0.287 e. The number of alkyl halides is 2. The van der Waals surface area contributed by atoms with Crippen molar-refractivity contribution >= 4 is 28.3 Å². The number of nitrogens with zero attached hydrogens (tertiary/aromatic N) is 2. The Morgan fingerprint density at radius 2 is 1.88 bits per heavy atom. The molecule has 0 radical (unpaired) electrons. The molecule has 9 heteroatoms. The first-order valence-electron chi connectivity index (χ1n) is 10.5. The number of hydrogen-bond donors (Lipinski definition) is 2. The van der Waals surface area contributed by atoms with Gasteiger partial charge in [-0.1, -0.05) is 6.07 Å². The Morgan fingerprint density at radius 1 is 1.09 bits per heavy atom. The molecule has 166 valence electrons. The van der Waals surface area contributed by atoms with E-state index in [-0.39, 0.29) is 35.3 Å². The number of hydrogen-bond acceptors (Lipinski definition) is 4. The molecule has 5 rings (SSSR count). The van der Waals surface area contributed by atoms with E-state index in [0.717, 1.165) is 25.7 Å². The summed E-state index contributed by atoms with van der Waals surface area (Å²) in [5, 5.41) is 6.95. The summed E-state index contributed by atoms with van der Waals surface area (Å²) in [6, 6.07) is 11.1. The number of carbonyl (C=O) groups excluding carboxylic acids is 1. The average molecular weight is 442 g/mol. The van der Waals surface area contributed by atoms with Crippen LogP contribution >= 0.6 is 0 Å². The summed E-state index contributed by atoms with van der Waals surface area (Å²) >= 11 is 0. The van der Waals surface area contributed by atoms with E-state index in [1.165, 1.54) is 24.4 Å². The van der Waals surface area contributed by atoms with Crippen molar-refractivity contribution in [2.24, 2.45) is 0 Å². The SMILES string of the molecule is O=C(NC1CCC(Nc2cccc3nc(C(F)F)cn23)CC1)c1cc2cc(F)ccc2o1. The van der Waals surface area contributed by atoms with Crippen LogP contribution in [-0.2, 0) is 0 Å². The minimum absolute atomic E-state index is 0.0000261. The Hall–Kier alpha value is -3.49. The summed E-state index contributed by atoms with van der Waals surface area (Å²) in [6.45, 7) is 0. The highest BCUT2D eigenvalue weighted by Gasteiger charge is 2.24. The number of carbonyl (C=O) groups is 1. The molecule has 0 atom stereocenters. The van der Waals surface area contributed by atoms with Crippen molar-refractivity contribution in [2.45, 2.75) is 44.2 Å². The summed E-state index contributed by atoms with van der Waals surface area (Å²) in [4.78, 5) is 16.5. The van der Waals surface area contributed by atoms with E-state index in [9.17, 15) is 18.0 Å². The normalized spacial score (nSPS) is 19.0. The molecular weight excluding hydrogens is 421 g/mol. The van der Waals surface area contributed by atoms with Crippen LogP contribution in [-0.4, -0.2) is 27.4 Å². The van der Waals surface area contributed by atoms with Gasteiger partial charge in [-0.05, 0) is 62.1 Å². The largest absolute Gasteiger partial charge is 0.451 e. The van der Waals surface area contributed by atoms with Gasteiger partial charge in [-0.2, -0.15) is 0 Å². The summed E-state index contributed by atoms with van der Waals surface area (Å²) in [6.07, 6.45) is 1.88.